The van der Waals surface area contributed by atoms with E-state index in [9.17, 15) is 4.39 Å². The van der Waals surface area contributed by atoms with E-state index in [-0.39, 0.29) is 12.4 Å². The predicted octanol–water partition coefficient (Wildman–Crippen LogP) is 2.30. The first-order valence-corrected chi connectivity index (χ1v) is 6.16. The first-order chi connectivity index (χ1) is 8.17. The molecule has 0 bridgehead atoms. The second-order valence-electron chi connectivity index (χ2n) is 3.04. The second-order valence-corrected chi connectivity index (χ2v) is 5.02. The normalized spacial score (nSPS) is 10.3. The molecule has 8 heteroatoms. The Labute approximate surface area is 109 Å². The Hall–Kier alpha value is -1.25. The van der Waals surface area contributed by atoms with Crippen molar-refractivity contribution in [3.8, 4) is 5.75 Å². The van der Waals surface area contributed by atoms with Crippen molar-refractivity contribution in [1.29, 1.82) is 0 Å². The van der Waals surface area contributed by atoms with Gasteiger partial charge in [-0.3, -0.25) is 5.43 Å². The van der Waals surface area contributed by atoms with Crippen LogP contribution in [0.1, 0.15) is 5.01 Å². The van der Waals surface area contributed by atoms with Gasteiger partial charge < -0.3 is 4.74 Å². The number of ether oxygens (including phenoxy) is 1. The zero-order valence-electron chi connectivity index (χ0n) is 8.48. The second kappa shape index (κ2) is 5.39. The summed E-state index contributed by atoms with van der Waals surface area (Å²) in [5.74, 6) is 5.23. The molecular formula is C9H8BrFN4OS. The molecule has 3 N–H and O–H groups in total. The molecule has 2 aromatic rings. The molecule has 0 amide bonds. The van der Waals surface area contributed by atoms with E-state index in [0.717, 1.165) is 0 Å². The van der Waals surface area contributed by atoms with Gasteiger partial charge in [-0.2, -0.15) is 0 Å². The molecule has 0 saturated heterocycles. The molecule has 0 aliphatic rings. The van der Waals surface area contributed by atoms with Crippen LogP contribution in [0.3, 0.4) is 0 Å². The Morgan fingerprint density at radius 2 is 2.24 bits per heavy atom. The van der Waals surface area contributed by atoms with Crippen molar-refractivity contribution in [1.82, 2.24) is 10.2 Å². The summed E-state index contributed by atoms with van der Waals surface area (Å²) in [6, 6.07) is 4.33. The number of nitrogen functional groups attached to an aromatic ring is 1. The lowest BCUT2D eigenvalue weighted by atomic mass is 10.3. The molecule has 0 fully saturated rings. The van der Waals surface area contributed by atoms with Crippen LogP contribution < -0.4 is 16.0 Å². The summed E-state index contributed by atoms with van der Waals surface area (Å²) in [5, 5.41) is 8.75. The van der Waals surface area contributed by atoms with Gasteiger partial charge in [0.25, 0.3) is 0 Å². The molecule has 5 nitrogen and oxygen atoms in total. The van der Waals surface area contributed by atoms with Crippen molar-refractivity contribution >= 4 is 32.4 Å². The Kier molecular flexibility index (Phi) is 3.87. The number of halogens is 2. The van der Waals surface area contributed by atoms with Crippen molar-refractivity contribution in [2.75, 3.05) is 5.43 Å². The minimum absolute atomic E-state index is 0.218. The number of hydrogen-bond donors (Lipinski definition) is 2. The molecular weight excluding hydrogens is 311 g/mol. The van der Waals surface area contributed by atoms with Gasteiger partial charge in [0.2, 0.25) is 5.13 Å². The number of nitrogens with one attached hydrogen (secondary N) is 1. The highest BCUT2D eigenvalue weighted by Gasteiger charge is 2.05. The molecule has 17 heavy (non-hydrogen) atoms. The SMILES string of the molecule is NNc1nnc(COc2cc(F)cc(Br)c2)s1. The number of hydrazine groups is 1. The maximum Gasteiger partial charge on any atom is 0.219 e. The quantitative estimate of drug-likeness (QED) is 0.668. The van der Waals surface area contributed by atoms with E-state index >= 15 is 0 Å². The van der Waals surface area contributed by atoms with E-state index in [0.29, 0.717) is 20.4 Å². The van der Waals surface area contributed by atoms with Crippen molar-refractivity contribution in [2.24, 2.45) is 5.84 Å². The number of aromatic nitrogens is 2. The third kappa shape index (κ3) is 3.35. The fourth-order valence-corrected chi connectivity index (χ4v) is 2.13. The van der Waals surface area contributed by atoms with Crippen molar-refractivity contribution < 1.29 is 9.13 Å². The maximum atomic E-state index is 13.1. The topological polar surface area (TPSA) is 73.1 Å². The van der Waals surface area contributed by atoms with Crippen molar-refractivity contribution in [3.63, 3.8) is 0 Å². The molecule has 2 rings (SSSR count). The van der Waals surface area contributed by atoms with E-state index < -0.39 is 0 Å². The van der Waals surface area contributed by atoms with E-state index in [1.807, 2.05) is 0 Å². The maximum absolute atomic E-state index is 13.1. The van der Waals surface area contributed by atoms with Gasteiger partial charge in [-0.15, -0.1) is 10.2 Å². The lowest BCUT2D eigenvalue weighted by Crippen LogP contribution is -2.05. The number of nitrogens with two attached hydrogens (primary N) is 1. The minimum atomic E-state index is -0.365. The van der Waals surface area contributed by atoms with E-state index in [4.69, 9.17) is 10.6 Å². The molecule has 90 valence electrons. The van der Waals surface area contributed by atoms with Crippen molar-refractivity contribution in [3.05, 3.63) is 33.5 Å². The Bertz CT molecular complexity index is 501. The first kappa shape index (κ1) is 12.2. The summed E-state index contributed by atoms with van der Waals surface area (Å²) < 4.78 is 19.1. The van der Waals surface area contributed by atoms with Crippen LogP contribution in [-0.2, 0) is 6.61 Å². The van der Waals surface area contributed by atoms with Gasteiger partial charge in [0.15, 0.2) is 5.01 Å². The van der Waals surface area contributed by atoms with Gasteiger partial charge in [-0.05, 0) is 12.1 Å². The third-order valence-electron chi connectivity index (χ3n) is 1.79. The van der Waals surface area contributed by atoms with Crippen molar-refractivity contribution in [2.45, 2.75) is 6.61 Å². The van der Waals surface area contributed by atoms with Crippen LogP contribution in [0.15, 0.2) is 22.7 Å². The molecule has 0 aliphatic heterocycles. The standard InChI is InChI=1S/C9H8BrFN4OS/c10-5-1-6(11)3-7(2-5)16-4-8-14-15-9(13-12)17-8/h1-3H,4,12H2,(H,13,15). The van der Waals surface area contributed by atoms with Gasteiger partial charge in [-0.1, -0.05) is 27.3 Å². The molecule has 0 unspecified atom stereocenters. The monoisotopic (exact) mass is 318 g/mol. The Morgan fingerprint density at radius 1 is 1.41 bits per heavy atom. The average molecular weight is 319 g/mol. The average Bonchev–Trinajstić information content (AvgIpc) is 2.73. The Morgan fingerprint density at radius 3 is 2.88 bits per heavy atom. The minimum Gasteiger partial charge on any atom is -0.486 e. The van der Waals surface area contributed by atoms with Crippen LogP contribution in [-0.4, -0.2) is 10.2 Å². The van der Waals surface area contributed by atoms with Gasteiger partial charge in [0.05, 0.1) is 0 Å². The molecule has 0 spiro atoms. The van der Waals surface area contributed by atoms with Gasteiger partial charge >= 0.3 is 0 Å². The summed E-state index contributed by atoms with van der Waals surface area (Å²) in [5.41, 5.74) is 2.39. The summed E-state index contributed by atoms with van der Waals surface area (Å²) >= 11 is 4.45. The Balaban J connectivity index is 2.01. The van der Waals surface area contributed by atoms with Crippen LogP contribution in [0.5, 0.6) is 5.75 Å². The van der Waals surface area contributed by atoms with Crippen LogP contribution in [0, 0.1) is 5.82 Å². The number of benzene rings is 1. The van der Waals surface area contributed by atoms with Crippen LogP contribution in [0.25, 0.3) is 0 Å². The molecule has 0 radical (unpaired) electrons. The fourth-order valence-electron chi connectivity index (χ4n) is 1.13. The molecule has 1 aromatic heterocycles. The van der Waals surface area contributed by atoms with Gasteiger partial charge in [0.1, 0.15) is 18.2 Å². The largest absolute Gasteiger partial charge is 0.486 e. The molecule has 0 atom stereocenters. The summed E-state index contributed by atoms with van der Waals surface area (Å²) in [6.45, 7) is 0.218. The smallest absolute Gasteiger partial charge is 0.219 e. The number of anilines is 1. The number of nitrogens with zero attached hydrogens (tertiary/aromatic N) is 2. The van der Waals surface area contributed by atoms with Gasteiger partial charge in [-0.25, -0.2) is 10.2 Å². The van der Waals surface area contributed by atoms with E-state index in [1.165, 1.54) is 23.5 Å². The molecule has 1 heterocycles. The number of rotatable bonds is 4. The zero-order valence-corrected chi connectivity index (χ0v) is 10.9. The highest BCUT2D eigenvalue weighted by Crippen LogP contribution is 2.22. The van der Waals surface area contributed by atoms with Crippen LogP contribution in [0.4, 0.5) is 9.52 Å². The van der Waals surface area contributed by atoms with Crippen LogP contribution >= 0.6 is 27.3 Å². The lowest BCUT2D eigenvalue weighted by Gasteiger charge is -2.04. The highest BCUT2D eigenvalue weighted by atomic mass is 79.9. The van der Waals surface area contributed by atoms with E-state index in [1.54, 1.807) is 6.07 Å². The van der Waals surface area contributed by atoms with Gasteiger partial charge in [0, 0.05) is 10.5 Å². The summed E-state index contributed by atoms with van der Waals surface area (Å²) in [4.78, 5) is 0. The lowest BCUT2D eigenvalue weighted by molar-refractivity contribution is 0.302. The summed E-state index contributed by atoms with van der Waals surface area (Å²) in [7, 11) is 0. The predicted molar refractivity (Wildman–Crippen MR) is 66.2 cm³/mol. The summed E-state index contributed by atoms with van der Waals surface area (Å²) in [6.07, 6.45) is 0. The highest BCUT2D eigenvalue weighted by molar-refractivity contribution is 9.10. The molecule has 0 aliphatic carbocycles. The first-order valence-electron chi connectivity index (χ1n) is 4.55. The van der Waals surface area contributed by atoms with Crippen LogP contribution in [0.2, 0.25) is 0 Å². The third-order valence-corrected chi connectivity index (χ3v) is 3.07. The fraction of sp³-hybridized carbons (Fsp3) is 0.111. The molecule has 1 aromatic carbocycles. The van der Waals surface area contributed by atoms with E-state index in [2.05, 4.69) is 31.6 Å². The number of hydrogen-bond acceptors (Lipinski definition) is 6. The zero-order chi connectivity index (χ0) is 12.3. The molecule has 0 saturated carbocycles.